The molecule has 0 heterocycles. The van der Waals surface area contributed by atoms with Crippen molar-refractivity contribution in [3.63, 3.8) is 0 Å². The van der Waals surface area contributed by atoms with Crippen LogP contribution in [0.4, 0.5) is 4.39 Å². The summed E-state index contributed by atoms with van der Waals surface area (Å²) in [6.07, 6.45) is 1.70. The molecule has 0 atom stereocenters. The molecule has 2 N–H and O–H groups in total. The first kappa shape index (κ1) is 15.1. The lowest BCUT2D eigenvalue weighted by molar-refractivity contribution is 0.575. The second-order valence-electron chi connectivity index (χ2n) is 4.03. The molecule has 0 aliphatic heterocycles. The fraction of sp³-hybridized carbons (Fsp3) is 0.500. The average molecular weight is 274 g/mol. The molecule has 102 valence electrons. The second kappa shape index (κ2) is 6.82. The van der Waals surface area contributed by atoms with Crippen molar-refractivity contribution in [3.05, 3.63) is 29.6 Å². The molecule has 0 fully saturated rings. The van der Waals surface area contributed by atoms with Crippen molar-refractivity contribution in [3.8, 4) is 0 Å². The van der Waals surface area contributed by atoms with Gasteiger partial charge in [0.2, 0.25) is 10.0 Å². The van der Waals surface area contributed by atoms with Crippen LogP contribution in [-0.4, -0.2) is 22.0 Å². The van der Waals surface area contributed by atoms with Crippen molar-refractivity contribution in [1.29, 1.82) is 0 Å². The Balaban J connectivity index is 2.91. The van der Waals surface area contributed by atoms with Crippen LogP contribution in [0.3, 0.4) is 0 Å². The molecule has 0 aromatic heterocycles. The first-order valence-corrected chi connectivity index (χ1v) is 7.42. The smallest absolute Gasteiger partial charge is 0.240 e. The van der Waals surface area contributed by atoms with Gasteiger partial charge in [-0.25, -0.2) is 17.5 Å². The van der Waals surface area contributed by atoms with Crippen LogP contribution in [0.15, 0.2) is 23.1 Å². The van der Waals surface area contributed by atoms with E-state index >= 15 is 0 Å². The maximum Gasteiger partial charge on any atom is 0.240 e. The molecule has 0 spiro atoms. The van der Waals surface area contributed by atoms with Gasteiger partial charge in [0.15, 0.2) is 0 Å². The number of hydrogen-bond acceptors (Lipinski definition) is 3. The van der Waals surface area contributed by atoms with E-state index in [2.05, 4.69) is 10.0 Å². The summed E-state index contributed by atoms with van der Waals surface area (Å²) in [4.78, 5) is 0.102. The van der Waals surface area contributed by atoms with Gasteiger partial charge in [-0.1, -0.05) is 13.3 Å². The summed E-state index contributed by atoms with van der Waals surface area (Å²) in [6.45, 7) is 2.68. The summed E-state index contributed by atoms with van der Waals surface area (Å²) >= 11 is 0. The Morgan fingerprint density at radius 1 is 1.33 bits per heavy atom. The highest BCUT2D eigenvalue weighted by molar-refractivity contribution is 7.89. The largest absolute Gasteiger partial charge is 0.316 e. The van der Waals surface area contributed by atoms with E-state index in [1.165, 1.54) is 18.2 Å². The molecule has 4 nitrogen and oxygen atoms in total. The highest BCUT2D eigenvalue weighted by Gasteiger charge is 2.15. The Labute approximate surface area is 108 Å². The summed E-state index contributed by atoms with van der Waals surface area (Å²) in [7, 11) is -1.85. The standard InChI is InChI=1S/C12H19FN2O2S/c1-3-4-7-15-18(16,17)11-5-6-12(13)10(8-11)9-14-2/h5-6,8,14-15H,3-4,7,9H2,1-2H3. The SMILES string of the molecule is CCCCNS(=O)(=O)c1ccc(F)c(CNC)c1. The van der Waals surface area contributed by atoms with Gasteiger partial charge in [0, 0.05) is 18.7 Å². The Bertz CT molecular complexity index is 489. The minimum atomic E-state index is -3.53. The number of halogens is 1. The normalized spacial score (nSPS) is 11.7. The fourth-order valence-electron chi connectivity index (χ4n) is 1.51. The number of nitrogens with one attached hydrogen (secondary N) is 2. The van der Waals surface area contributed by atoms with Crippen molar-refractivity contribution < 1.29 is 12.8 Å². The van der Waals surface area contributed by atoms with E-state index in [1.54, 1.807) is 7.05 Å². The first-order chi connectivity index (χ1) is 8.51. The maximum absolute atomic E-state index is 13.4. The lowest BCUT2D eigenvalue weighted by atomic mass is 10.2. The van der Waals surface area contributed by atoms with Crippen molar-refractivity contribution in [2.45, 2.75) is 31.2 Å². The van der Waals surface area contributed by atoms with E-state index in [0.29, 0.717) is 18.7 Å². The quantitative estimate of drug-likeness (QED) is 0.743. The zero-order valence-corrected chi connectivity index (χ0v) is 11.5. The average Bonchev–Trinajstić information content (AvgIpc) is 2.32. The molecule has 0 unspecified atom stereocenters. The van der Waals surface area contributed by atoms with Gasteiger partial charge in [-0.2, -0.15) is 0 Å². The van der Waals surface area contributed by atoms with Crippen LogP contribution >= 0.6 is 0 Å². The number of rotatable bonds is 7. The summed E-state index contributed by atoms with van der Waals surface area (Å²) in [5.74, 6) is -0.406. The van der Waals surface area contributed by atoms with E-state index in [0.717, 1.165) is 12.8 Å². The van der Waals surface area contributed by atoms with Crippen molar-refractivity contribution in [2.75, 3.05) is 13.6 Å². The highest BCUT2D eigenvalue weighted by atomic mass is 32.2. The van der Waals surface area contributed by atoms with Crippen LogP contribution < -0.4 is 10.0 Å². The van der Waals surface area contributed by atoms with E-state index < -0.39 is 15.8 Å². The molecule has 6 heteroatoms. The van der Waals surface area contributed by atoms with Crippen LogP contribution in [0, 0.1) is 5.82 Å². The number of unbranched alkanes of at least 4 members (excludes halogenated alkanes) is 1. The topological polar surface area (TPSA) is 58.2 Å². The Morgan fingerprint density at radius 3 is 2.67 bits per heavy atom. The molecule has 1 aromatic rings. The summed E-state index contributed by atoms with van der Waals surface area (Å²) in [6, 6.07) is 3.82. The molecule has 1 rings (SSSR count). The third-order valence-corrected chi connectivity index (χ3v) is 3.98. The van der Waals surface area contributed by atoms with Crippen LogP contribution in [0.2, 0.25) is 0 Å². The Kier molecular flexibility index (Phi) is 5.71. The molecule has 0 aliphatic rings. The Morgan fingerprint density at radius 2 is 2.06 bits per heavy atom. The highest BCUT2D eigenvalue weighted by Crippen LogP contribution is 2.15. The molecule has 0 saturated carbocycles. The molecule has 0 aliphatic carbocycles. The van der Waals surface area contributed by atoms with Gasteiger partial charge < -0.3 is 5.32 Å². The van der Waals surface area contributed by atoms with Gasteiger partial charge in [0.05, 0.1) is 4.90 Å². The van der Waals surface area contributed by atoms with Gasteiger partial charge in [-0.3, -0.25) is 0 Å². The first-order valence-electron chi connectivity index (χ1n) is 5.94. The monoisotopic (exact) mass is 274 g/mol. The van der Waals surface area contributed by atoms with Gasteiger partial charge >= 0.3 is 0 Å². The molecule has 18 heavy (non-hydrogen) atoms. The number of sulfonamides is 1. The molecule has 0 saturated heterocycles. The van der Waals surface area contributed by atoms with Gasteiger partial charge in [-0.15, -0.1) is 0 Å². The van der Waals surface area contributed by atoms with Crippen molar-refractivity contribution in [2.24, 2.45) is 0 Å². The lowest BCUT2D eigenvalue weighted by Gasteiger charge is -2.08. The molecule has 1 aromatic carbocycles. The molecule has 0 radical (unpaired) electrons. The minimum absolute atomic E-state index is 0.102. The summed E-state index contributed by atoms with van der Waals surface area (Å²) < 4.78 is 39.7. The van der Waals surface area contributed by atoms with E-state index in [4.69, 9.17) is 0 Å². The van der Waals surface area contributed by atoms with E-state index in [1.807, 2.05) is 6.92 Å². The number of benzene rings is 1. The fourth-order valence-corrected chi connectivity index (χ4v) is 2.64. The maximum atomic E-state index is 13.4. The van der Waals surface area contributed by atoms with Gasteiger partial charge in [0.25, 0.3) is 0 Å². The third-order valence-electron chi connectivity index (χ3n) is 2.52. The lowest BCUT2D eigenvalue weighted by Crippen LogP contribution is -2.25. The number of hydrogen-bond donors (Lipinski definition) is 2. The zero-order chi connectivity index (χ0) is 13.6. The molecular weight excluding hydrogens is 255 g/mol. The summed E-state index contributed by atoms with van der Waals surface area (Å²) in [5.41, 5.74) is 0.343. The summed E-state index contributed by atoms with van der Waals surface area (Å²) in [5, 5.41) is 2.80. The van der Waals surface area contributed by atoms with Gasteiger partial charge in [-0.05, 0) is 31.7 Å². The Hall–Kier alpha value is -0.980. The molecule has 0 amide bonds. The zero-order valence-electron chi connectivity index (χ0n) is 10.7. The predicted octanol–water partition coefficient (Wildman–Crippen LogP) is 1.62. The van der Waals surface area contributed by atoms with E-state index in [-0.39, 0.29) is 4.90 Å². The van der Waals surface area contributed by atoms with Crippen molar-refractivity contribution in [1.82, 2.24) is 10.0 Å². The van der Waals surface area contributed by atoms with Crippen LogP contribution in [0.25, 0.3) is 0 Å². The van der Waals surface area contributed by atoms with Crippen LogP contribution in [0.5, 0.6) is 0 Å². The van der Waals surface area contributed by atoms with Gasteiger partial charge in [0.1, 0.15) is 5.82 Å². The van der Waals surface area contributed by atoms with Crippen molar-refractivity contribution >= 4 is 10.0 Å². The minimum Gasteiger partial charge on any atom is -0.316 e. The van der Waals surface area contributed by atoms with E-state index in [9.17, 15) is 12.8 Å². The predicted molar refractivity (Wildman–Crippen MR) is 69.3 cm³/mol. The van der Waals surface area contributed by atoms with Crippen LogP contribution in [0.1, 0.15) is 25.3 Å². The van der Waals surface area contributed by atoms with Crippen LogP contribution in [-0.2, 0) is 16.6 Å². The molecule has 0 bridgehead atoms. The second-order valence-corrected chi connectivity index (χ2v) is 5.80. The third kappa shape index (κ3) is 4.04. The molecular formula is C12H19FN2O2S.